The molecular weight excluding hydrogens is 444 g/mol. The van der Waals surface area contributed by atoms with Crippen molar-refractivity contribution in [2.75, 3.05) is 6.54 Å². The predicted molar refractivity (Wildman–Crippen MR) is 117 cm³/mol. The number of imidazole rings is 1. The highest BCUT2D eigenvalue weighted by Gasteiger charge is 2.60. The molecule has 9 nitrogen and oxygen atoms in total. The molecule has 0 spiro atoms. The zero-order valence-corrected chi connectivity index (χ0v) is 19.1. The van der Waals surface area contributed by atoms with Crippen molar-refractivity contribution in [2.45, 2.75) is 63.3 Å². The maximum Gasteiger partial charge on any atom is 0.353 e. The van der Waals surface area contributed by atoms with E-state index in [2.05, 4.69) is 10.3 Å². The summed E-state index contributed by atoms with van der Waals surface area (Å²) in [5.41, 5.74) is 0.749. The monoisotopic (exact) mass is 472 g/mol. The average molecular weight is 473 g/mol. The number of halogens is 1. The van der Waals surface area contributed by atoms with Gasteiger partial charge in [-0.15, -0.1) is 24.2 Å². The number of aryl methyl sites for hydroxylation is 1. The minimum Gasteiger partial charge on any atom is -0.477 e. The molecule has 3 aliphatic heterocycles. The van der Waals surface area contributed by atoms with Gasteiger partial charge in [-0.1, -0.05) is 6.92 Å². The van der Waals surface area contributed by atoms with Gasteiger partial charge in [0.15, 0.2) is 0 Å². The number of nitrogens with zero attached hydrogens (tertiary/aromatic N) is 3. The van der Waals surface area contributed by atoms with Crippen LogP contribution < -0.4 is 5.32 Å². The van der Waals surface area contributed by atoms with E-state index < -0.39 is 18.0 Å². The third-order valence-electron chi connectivity index (χ3n) is 6.37. The van der Waals surface area contributed by atoms with Crippen molar-refractivity contribution >= 4 is 36.0 Å². The Morgan fingerprint density at radius 3 is 2.81 bits per heavy atom. The first-order chi connectivity index (χ1) is 14.3. The normalized spacial score (nSPS) is 30.8. The second kappa shape index (κ2) is 9.50. The number of carboxylic acid groups (broad SMARTS) is 1. The molecule has 1 aromatic heterocycles. The fourth-order valence-electron chi connectivity index (χ4n) is 4.87. The van der Waals surface area contributed by atoms with Gasteiger partial charge in [-0.2, -0.15) is 0 Å². The van der Waals surface area contributed by atoms with Gasteiger partial charge in [-0.3, -0.25) is 4.79 Å². The van der Waals surface area contributed by atoms with Crippen molar-refractivity contribution < 1.29 is 24.9 Å². The largest absolute Gasteiger partial charge is 0.477 e. The Hall–Kier alpha value is -1.59. The van der Waals surface area contributed by atoms with Crippen molar-refractivity contribution in [3.8, 4) is 0 Å². The molecule has 4 heterocycles. The van der Waals surface area contributed by atoms with Crippen LogP contribution in [0.2, 0.25) is 0 Å². The summed E-state index contributed by atoms with van der Waals surface area (Å²) in [6, 6.07) is 0.0511. The number of aliphatic carboxylic acids is 1. The van der Waals surface area contributed by atoms with E-state index in [0.717, 1.165) is 30.8 Å². The summed E-state index contributed by atoms with van der Waals surface area (Å²) in [7, 11) is 0. The molecule has 0 unspecified atom stereocenters. The Kier molecular flexibility index (Phi) is 7.37. The van der Waals surface area contributed by atoms with Crippen LogP contribution in [0, 0.1) is 11.8 Å². The van der Waals surface area contributed by atoms with Crippen molar-refractivity contribution in [3.05, 3.63) is 28.8 Å². The number of rotatable bonds is 8. The molecule has 1 amide bonds. The fourth-order valence-corrected chi connectivity index (χ4v) is 6.38. The Morgan fingerprint density at radius 2 is 2.19 bits per heavy atom. The van der Waals surface area contributed by atoms with Gasteiger partial charge in [0.2, 0.25) is 5.91 Å². The Balaban J connectivity index is 0.00000272. The third-order valence-corrected chi connectivity index (χ3v) is 7.88. The van der Waals surface area contributed by atoms with Crippen molar-refractivity contribution in [1.29, 1.82) is 0 Å². The molecule has 11 heteroatoms. The van der Waals surface area contributed by atoms with Crippen LogP contribution in [0.3, 0.4) is 0 Å². The molecule has 172 valence electrons. The van der Waals surface area contributed by atoms with E-state index in [1.807, 2.05) is 17.7 Å². The summed E-state index contributed by atoms with van der Waals surface area (Å²) in [4.78, 5) is 30.6. The first-order valence-electron chi connectivity index (χ1n) is 10.3. The van der Waals surface area contributed by atoms with E-state index in [0.29, 0.717) is 11.7 Å². The number of carbonyl (C=O) groups excluding carboxylic acids is 1. The number of hydrogen-bond donors (Lipinski definition) is 4. The van der Waals surface area contributed by atoms with E-state index in [1.165, 1.54) is 4.90 Å². The molecule has 4 rings (SSSR count). The standard InChI is InChI=1S/C20H28N4O5S.ClH/c1-10-16-15(11(2)26)19(27)24(16)17(20(28)29)18(10)30-14-5-12(21-6-14)3-4-23-7-13(8-25)22-9-23;/h7,9-12,14-16,21,25-26H,3-6,8H2,1-2H3,(H,28,29);1H/t10-,11-,12-,14+,15-,16-;/m1./s1. The summed E-state index contributed by atoms with van der Waals surface area (Å²) in [6.45, 7) is 5.05. The third kappa shape index (κ3) is 4.36. The number of amides is 1. The summed E-state index contributed by atoms with van der Waals surface area (Å²) in [5, 5.41) is 32.6. The molecule has 0 bridgehead atoms. The number of aliphatic hydroxyl groups excluding tert-OH is 2. The Labute approximate surface area is 191 Å². The van der Waals surface area contributed by atoms with Gasteiger partial charge in [-0.25, -0.2) is 9.78 Å². The zero-order valence-electron chi connectivity index (χ0n) is 17.5. The molecule has 0 aliphatic carbocycles. The van der Waals surface area contributed by atoms with Crippen LogP contribution in [-0.4, -0.2) is 71.6 Å². The first-order valence-corrected chi connectivity index (χ1v) is 11.2. The minimum absolute atomic E-state index is 0. The number of fused-ring (bicyclic) bond motifs is 1. The molecule has 2 fully saturated rings. The fraction of sp³-hybridized carbons (Fsp3) is 0.650. The zero-order chi connectivity index (χ0) is 21.6. The summed E-state index contributed by atoms with van der Waals surface area (Å²) in [6.07, 6.45) is 4.60. The molecule has 0 radical (unpaired) electrons. The molecule has 2 saturated heterocycles. The lowest BCUT2D eigenvalue weighted by Gasteiger charge is -2.46. The van der Waals surface area contributed by atoms with Gasteiger partial charge in [-0.05, 0) is 19.8 Å². The molecular formula is C20H29ClN4O5S. The second-order valence-electron chi connectivity index (χ2n) is 8.40. The highest BCUT2D eigenvalue weighted by atomic mass is 35.5. The average Bonchev–Trinajstić information content (AvgIpc) is 3.39. The van der Waals surface area contributed by atoms with Gasteiger partial charge in [0.05, 0.1) is 36.7 Å². The summed E-state index contributed by atoms with van der Waals surface area (Å²) in [5.74, 6) is -1.99. The van der Waals surface area contributed by atoms with Crippen LogP contribution in [0.4, 0.5) is 0 Å². The van der Waals surface area contributed by atoms with E-state index >= 15 is 0 Å². The molecule has 0 aromatic carbocycles. The van der Waals surface area contributed by atoms with E-state index in [1.54, 1.807) is 25.0 Å². The van der Waals surface area contributed by atoms with Crippen LogP contribution in [0.15, 0.2) is 23.1 Å². The topological polar surface area (TPSA) is 128 Å². The number of carbonyl (C=O) groups is 2. The Morgan fingerprint density at radius 1 is 1.45 bits per heavy atom. The first kappa shape index (κ1) is 24.1. The number of aromatic nitrogens is 2. The number of nitrogens with one attached hydrogen (secondary N) is 1. The van der Waals surface area contributed by atoms with E-state index in [4.69, 9.17) is 5.11 Å². The second-order valence-corrected chi connectivity index (χ2v) is 9.74. The molecule has 6 atom stereocenters. The number of thioether (sulfide) groups is 1. The lowest BCUT2D eigenvalue weighted by Crippen LogP contribution is -2.63. The molecule has 4 N–H and O–H groups in total. The van der Waals surface area contributed by atoms with Gasteiger partial charge in [0.25, 0.3) is 0 Å². The number of hydrogen-bond acceptors (Lipinski definition) is 7. The van der Waals surface area contributed by atoms with Gasteiger partial charge in [0.1, 0.15) is 5.70 Å². The highest BCUT2D eigenvalue weighted by Crippen LogP contribution is 2.51. The van der Waals surface area contributed by atoms with Crippen LogP contribution in [0.25, 0.3) is 0 Å². The van der Waals surface area contributed by atoms with Gasteiger partial charge in [0, 0.05) is 41.4 Å². The van der Waals surface area contributed by atoms with Gasteiger partial charge >= 0.3 is 5.97 Å². The van der Waals surface area contributed by atoms with Crippen molar-refractivity contribution in [1.82, 2.24) is 19.8 Å². The quantitative estimate of drug-likeness (QED) is 0.409. The van der Waals surface area contributed by atoms with E-state index in [9.17, 15) is 19.8 Å². The summed E-state index contributed by atoms with van der Waals surface area (Å²) < 4.78 is 1.96. The maximum absolute atomic E-state index is 12.4. The van der Waals surface area contributed by atoms with Gasteiger partial charge < -0.3 is 30.1 Å². The van der Waals surface area contributed by atoms with Crippen LogP contribution in [0.5, 0.6) is 0 Å². The van der Waals surface area contributed by atoms with Crippen molar-refractivity contribution in [2.24, 2.45) is 11.8 Å². The Bertz CT molecular complexity index is 876. The van der Waals surface area contributed by atoms with Crippen molar-refractivity contribution in [3.63, 3.8) is 0 Å². The number of carboxylic acids is 1. The van der Waals surface area contributed by atoms with Crippen LogP contribution in [-0.2, 0) is 22.7 Å². The van der Waals surface area contributed by atoms with Crippen LogP contribution in [0.1, 0.15) is 32.4 Å². The summed E-state index contributed by atoms with van der Waals surface area (Å²) >= 11 is 1.56. The molecule has 0 saturated carbocycles. The number of aliphatic hydroxyl groups is 2. The molecule has 3 aliphatic rings. The molecule has 31 heavy (non-hydrogen) atoms. The predicted octanol–water partition coefficient (Wildman–Crippen LogP) is 0.805. The lowest BCUT2D eigenvalue weighted by molar-refractivity contribution is -0.163. The van der Waals surface area contributed by atoms with E-state index in [-0.39, 0.29) is 47.8 Å². The molecule has 1 aromatic rings. The maximum atomic E-state index is 12.4. The minimum atomic E-state index is -1.08. The lowest BCUT2D eigenvalue weighted by atomic mass is 9.79. The number of β-lactam (4-membered cyclic amide) rings is 1. The highest BCUT2D eigenvalue weighted by molar-refractivity contribution is 8.03. The van der Waals surface area contributed by atoms with Crippen LogP contribution >= 0.6 is 24.2 Å². The SMILES string of the molecule is C[C@@H](O)[C@H]1C(=O)N2C(C(=O)O)=C(S[C@@H]3CN[C@H](CCn4cnc(CO)c4)C3)[C@H](C)[C@H]12.Cl. The smallest absolute Gasteiger partial charge is 0.353 e.